The second-order valence-corrected chi connectivity index (χ2v) is 7.51. The number of fused-ring (bicyclic) bond motifs is 3. The van der Waals surface area contributed by atoms with Crippen molar-refractivity contribution in [3.8, 4) is 5.75 Å². The quantitative estimate of drug-likeness (QED) is 0.911. The maximum absolute atomic E-state index is 6.05. The summed E-state index contributed by atoms with van der Waals surface area (Å²) < 4.78 is 6.05. The maximum Gasteiger partial charge on any atom is 0.120 e. The molecule has 0 radical (unpaired) electrons. The molecule has 0 heterocycles. The monoisotopic (exact) mass is 285 g/mol. The maximum atomic E-state index is 6.05. The van der Waals surface area contributed by atoms with E-state index in [9.17, 15) is 0 Å². The van der Waals surface area contributed by atoms with Crippen molar-refractivity contribution < 1.29 is 4.74 Å². The van der Waals surface area contributed by atoms with E-state index in [1.807, 2.05) is 0 Å². The Labute approximate surface area is 128 Å². The topological polar surface area (TPSA) is 21.3 Å². The van der Waals surface area contributed by atoms with Gasteiger partial charge in [0.1, 0.15) is 5.75 Å². The smallest absolute Gasteiger partial charge is 0.120 e. The zero-order valence-corrected chi connectivity index (χ0v) is 13.3. The number of nitrogens with one attached hydrogen (secondary N) is 1. The highest BCUT2D eigenvalue weighted by molar-refractivity contribution is 5.44. The van der Waals surface area contributed by atoms with Gasteiger partial charge in [0.15, 0.2) is 0 Å². The molecule has 3 aliphatic rings. The molecule has 2 heteroatoms. The number of ether oxygens (including phenoxy) is 1. The van der Waals surface area contributed by atoms with Crippen LogP contribution in [0.4, 0.5) is 0 Å². The van der Waals surface area contributed by atoms with E-state index in [2.05, 4.69) is 37.5 Å². The molecule has 3 atom stereocenters. The lowest BCUT2D eigenvalue weighted by atomic mass is 9.56. The zero-order valence-electron chi connectivity index (χ0n) is 13.3. The summed E-state index contributed by atoms with van der Waals surface area (Å²) in [5.41, 5.74) is 3.46. The van der Waals surface area contributed by atoms with Crippen molar-refractivity contribution in [2.75, 3.05) is 7.05 Å². The zero-order chi connectivity index (χ0) is 14.4. The Morgan fingerprint density at radius 2 is 2.05 bits per heavy atom. The average molecular weight is 285 g/mol. The molecule has 2 saturated carbocycles. The Morgan fingerprint density at radius 3 is 2.81 bits per heavy atom. The molecule has 0 unspecified atom stereocenters. The molecule has 0 aliphatic heterocycles. The van der Waals surface area contributed by atoms with Crippen LogP contribution in [0.5, 0.6) is 5.75 Å². The van der Waals surface area contributed by atoms with Gasteiger partial charge in [-0.3, -0.25) is 0 Å². The van der Waals surface area contributed by atoms with Crippen molar-refractivity contribution in [1.82, 2.24) is 5.32 Å². The number of benzene rings is 1. The van der Waals surface area contributed by atoms with E-state index in [4.69, 9.17) is 4.74 Å². The summed E-state index contributed by atoms with van der Waals surface area (Å²) in [6.45, 7) is 2.50. The van der Waals surface area contributed by atoms with Crippen LogP contribution in [0.2, 0.25) is 0 Å². The minimum absolute atomic E-state index is 0.336. The van der Waals surface area contributed by atoms with Gasteiger partial charge in [-0.15, -0.1) is 0 Å². The van der Waals surface area contributed by atoms with Crippen LogP contribution in [0, 0.1) is 5.92 Å². The van der Waals surface area contributed by atoms with E-state index in [1.54, 1.807) is 5.56 Å². The predicted molar refractivity (Wildman–Crippen MR) is 86.0 cm³/mol. The van der Waals surface area contributed by atoms with Gasteiger partial charge in [0.05, 0.1) is 6.10 Å². The van der Waals surface area contributed by atoms with Crippen LogP contribution in [-0.2, 0) is 11.8 Å². The summed E-state index contributed by atoms with van der Waals surface area (Å²) >= 11 is 0. The average Bonchev–Trinajstić information content (AvgIpc) is 3.30. The van der Waals surface area contributed by atoms with E-state index < -0.39 is 0 Å². The minimum atomic E-state index is 0.336. The Balaban J connectivity index is 1.73. The molecule has 1 aromatic carbocycles. The minimum Gasteiger partial charge on any atom is -0.490 e. The van der Waals surface area contributed by atoms with E-state index >= 15 is 0 Å². The van der Waals surface area contributed by atoms with Gasteiger partial charge in [-0.25, -0.2) is 0 Å². The molecule has 0 aromatic heterocycles. The van der Waals surface area contributed by atoms with Crippen LogP contribution in [0.1, 0.15) is 56.6 Å². The molecule has 4 rings (SSSR count). The summed E-state index contributed by atoms with van der Waals surface area (Å²) in [5.74, 6) is 1.88. The fourth-order valence-corrected chi connectivity index (χ4v) is 4.74. The molecule has 1 N–H and O–H groups in total. The molecule has 2 nitrogen and oxygen atoms in total. The van der Waals surface area contributed by atoms with E-state index in [1.165, 1.54) is 50.5 Å². The van der Waals surface area contributed by atoms with Gasteiger partial charge < -0.3 is 10.1 Å². The first-order chi connectivity index (χ1) is 10.2. The number of likely N-dealkylation sites (N-methyl/N-ethyl adjacent to an activating group) is 1. The van der Waals surface area contributed by atoms with E-state index in [0.29, 0.717) is 17.6 Å². The Hall–Kier alpha value is -1.02. The van der Waals surface area contributed by atoms with Crippen molar-refractivity contribution >= 4 is 0 Å². The Kier molecular flexibility index (Phi) is 3.25. The van der Waals surface area contributed by atoms with Gasteiger partial charge in [0.25, 0.3) is 0 Å². The highest BCUT2D eigenvalue weighted by Gasteiger charge is 2.46. The molecule has 1 aromatic rings. The summed E-state index contributed by atoms with van der Waals surface area (Å²) in [6.07, 6.45) is 9.60. The lowest BCUT2D eigenvalue weighted by molar-refractivity contribution is 0.141. The lowest BCUT2D eigenvalue weighted by Crippen LogP contribution is -2.51. The summed E-state index contributed by atoms with van der Waals surface area (Å²) in [6, 6.07) is 7.53. The molecule has 3 aliphatic carbocycles. The van der Waals surface area contributed by atoms with Crippen LogP contribution in [0.15, 0.2) is 18.2 Å². The molecule has 0 bridgehead atoms. The van der Waals surface area contributed by atoms with Gasteiger partial charge in [-0.05, 0) is 73.7 Å². The standard InChI is InChI=1S/C19H27NO/c1-19-10-4-3-5-16(19)18(20-2)11-13-6-7-15(12-17(13)19)21-14-8-9-14/h6-7,12,14,16,18,20H,3-5,8-11H2,1-2H3/t16-,18+,19-/m1/s1. The first kappa shape index (κ1) is 13.6. The lowest BCUT2D eigenvalue weighted by Gasteiger charge is -2.50. The van der Waals surface area contributed by atoms with Gasteiger partial charge in [0, 0.05) is 6.04 Å². The molecule has 0 saturated heterocycles. The van der Waals surface area contributed by atoms with E-state index in [-0.39, 0.29) is 0 Å². The predicted octanol–water partition coefficient (Wildman–Crippen LogP) is 3.82. The SMILES string of the molecule is CN[C@H]1Cc2ccc(OC3CC3)cc2[C@]2(C)CCCC[C@H]12. The number of hydrogen-bond donors (Lipinski definition) is 1. The summed E-state index contributed by atoms with van der Waals surface area (Å²) in [4.78, 5) is 0. The molecular weight excluding hydrogens is 258 g/mol. The largest absolute Gasteiger partial charge is 0.490 e. The van der Waals surface area contributed by atoms with Crippen LogP contribution >= 0.6 is 0 Å². The summed E-state index contributed by atoms with van der Waals surface area (Å²) in [5, 5.41) is 3.59. The molecular formula is C19H27NO. The highest BCUT2D eigenvalue weighted by Crippen LogP contribution is 2.50. The third kappa shape index (κ3) is 2.28. The van der Waals surface area contributed by atoms with Crippen molar-refractivity contribution in [1.29, 1.82) is 0 Å². The van der Waals surface area contributed by atoms with Gasteiger partial charge in [-0.1, -0.05) is 25.8 Å². The first-order valence-corrected chi connectivity index (χ1v) is 8.68. The number of hydrogen-bond acceptors (Lipinski definition) is 2. The van der Waals surface area contributed by atoms with Crippen LogP contribution in [0.3, 0.4) is 0 Å². The molecule has 2 fully saturated rings. The van der Waals surface area contributed by atoms with E-state index in [0.717, 1.165) is 11.7 Å². The normalized spacial score (nSPS) is 35.0. The van der Waals surface area contributed by atoms with Crippen LogP contribution in [0.25, 0.3) is 0 Å². The first-order valence-electron chi connectivity index (χ1n) is 8.68. The van der Waals surface area contributed by atoms with Crippen LogP contribution in [-0.4, -0.2) is 19.2 Å². The molecule has 21 heavy (non-hydrogen) atoms. The molecule has 0 amide bonds. The Bertz CT molecular complexity index is 536. The van der Waals surface area contributed by atoms with Crippen molar-refractivity contribution in [3.63, 3.8) is 0 Å². The van der Waals surface area contributed by atoms with Gasteiger partial charge in [0.2, 0.25) is 0 Å². The Morgan fingerprint density at radius 1 is 1.19 bits per heavy atom. The van der Waals surface area contributed by atoms with Crippen molar-refractivity contribution in [3.05, 3.63) is 29.3 Å². The summed E-state index contributed by atoms with van der Waals surface area (Å²) in [7, 11) is 2.13. The fourth-order valence-electron chi connectivity index (χ4n) is 4.74. The third-order valence-corrected chi connectivity index (χ3v) is 6.10. The fraction of sp³-hybridized carbons (Fsp3) is 0.684. The van der Waals surface area contributed by atoms with Gasteiger partial charge >= 0.3 is 0 Å². The molecule has 114 valence electrons. The van der Waals surface area contributed by atoms with Crippen LogP contribution < -0.4 is 10.1 Å². The van der Waals surface area contributed by atoms with Crippen molar-refractivity contribution in [2.24, 2.45) is 5.92 Å². The molecule has 0 spiro atoms. The second-order valence-electron chi connectivity index (χ2n) is 7.51. The number of rotatable bonds is 3. The third-order valence-electron chi connectivity index (χ3n) is 6.10. The second kappa shape index (κ2) is 5.01. The van der Waals surface area contributed by atoms with Gasteiger partial charge in [-0.2, -0.15) is 0 Å². The van der Waals surface area contributed by atoms with Crippen molar-refractivity contribution in [2.45, 2.75) is 69.4 Å². The highest BCUT2D eigenvalue weighted by atomic mass is 16.5.